The van der Waals surface area contributed by atoms with Gasteiger partial charge in [-0.3, -0.25) is 4.68 Å². The summed E-state index contributed by atoms with van der Waals surface area (Å²) in [5.74, 6) is 0. The molecule has 0 radical (unpaired) electrons. The van der Waals surface area contributed by atoms with E-state index in [1.165, 1.54) is 17.8 Å². The number of aromatic nitrogens is 2. The molecule has 1 aromatic heterocycles. The quantitative estimate of drug-likeness (QED) is 0.790. The van der Waals surface area contributed by atoms with Gasteiger partial charge in [0.15, 0.2) is 0 Å². The maximum Gasteiger partial charge on any atom is 0.0624 e. The predicted octanol–water partition coefficient (Wildman–Crippen LogP) is 2.55. The van der Waals surface area contributed by atoms with E-state index < -0.39 is 0 Å². The predicted molar refractivity (Wildman–Crippen MR) is 73.2 cm³/mol. The molecule has 0 saturated heterocycles. The van der Waals surface area contributed by atoms with Crippen LogP contribution in [0.2, 0.25) is 0 Å². The molecule has 0 fully saturated rings. The molecule has 3 nitrogen and oxygen atoms in total. The van der Waals surface area contributed by atoms with Gasteiger partial charge in [-0.1, -0.05) is 27.7 Å². The molecule has 0 amide bonds. The molecule has 17 heavy (non-hydrogen) atoms. The third kappa shape index (κ3) is 3.84. The number of hydrogen-bond acceptors (Lipinski definition) is 2. The van der Waals surface area contributed by atoms with Gasteiger partial charge < -0.3 is 5.32 Å². The van der Waals surface area contributed by atoms with Crippen LogP contribution in [-0.4, -0.2) is 22.9 Å². The van der Waals surface area contributed by atoms with Crippen LogP contribution in [0.15, 0.2) is 6.07 Å². The first kappa shape index (κ1) is 14.2. The van der Waals surface area contributed by atoms with Crippen molar-refractivity contribution in [3.8, 4) is 0 Å². The lowest BCUT2D eigenvalue weighted by molar-refractivity contribution is 0.286. The van der Waals surface area contributed by atoms with Crippen molar-refractivity contribution >= 4 is 0 Å². The number of aryl methyl sites for hydroxylation is 2. The van der Waals surface area contributed by atoms with Crippen LogP contribution in [0.1, 0.15) is 45.5 Å². The third-order valence-electron chi connectivity index (χ3n) is 3.65. The number of rotatable bonds is 7. The summed E-state index contributed by atoms with van der Waals surface area (Å²) in [5.41, 5.74) is 2.88. The monoisotopic (exact) mass is 237 g/mol. The highest BCUT2D eigenvalue weighted by atomic mass is 15.3. The van der Waals surface area contributed by atoms with Gasteiger partial charge in [-0.25, -0.2) is 0 Å². The average Bonchev–Trinajstić information content (AvgIpc) is 2.67. The van der Waals surface area contributed by atoms with Crippen LogP contribution >= 0.6 is 0 Å². The fourth-order valence-electron chi connectivity index (χ4n) is 2.09. The van der Waals surface area contributed by atoms with E-state index in [4.69, 9.17) is 0 Å². The van der Waals surface area contributed by atoms with Crippen molar-refractivity contribution in [1.29, 1.82) is 0 Å². The van der Waals surface area contributed by atoms with Gasteiger partial charge in [-0.15, -0.1) is 0 Å². The SMILES string of the molecule is CCNCC(C)(CC)Cc1cc(CC)nn1C. The molecular weight excluding hydrogens is 210 g/mol. The van der Waals surface area contributed by atoms with Crippen molar-refractivity contribution in [1.82, 2.24) is 15.1 Å². The van der Waals surface area contributed by atoms with E-state index in [-0.39, 0.29) is 0 Å². The maximum atomic E-state index is 4.52. The van der Waals surface area contributed by atoms with Gasteiger partial charge in [0.1, 0.15) is 0 Å². The van der Waals surface area contributed by atoms with Gasteiger partial charge in [0.2, 0.25) is 0 Å². The second-order valence-corrected chi connectivity index (χ2v) is 5.23. The molecule has 1 N–H and O–H groups in total. The number of hydrogen-bond donors (Lipinski definition) is 1. The van der Waals surface area contributed by atoms with Crippen LogP contribution in [0.4, 0.5) is 0 Å². The first-order valence-corrected chi connectivity index (χ1v) is 6.77. The summed E-state index contributed by atoms with van der Waals surface area (Å²) in [5, 5.41) is 7.99. The summed E-state index contributed by atoms with van der Waals surface area (Å²) in [6, 6.07) is 2.25. The Hall–Kier alpha value is -0.830. The molecule has 0 aliphatic carbocycles. The van der Waals surface area contributed by atoms with Crippen molar-refractivity contribution in [3.63, 3.8) is 0 Å². The molecule has 1 heterocycles. The normalized spacial score (nSPS) is 14.9. The summed E-state index contributed by atoms with van der Waals surface area (Å²) in [6.07, 6.45) is 3.30. The van der Waals surface area contributed by atoms with Crippen LogP contribution < -0.4 is 5.32 Å². The summed E-state index contributed by atoms with van der Waals surface area (Å²) in [4.78, 5) is 0. The Kier molecular flexibility index (Phi) is 5.19. The van der Waals surface area contributed by atoms with Crippen LogP contribution in [0.25, 0.3) is 0 Å². The fourth-order valence-corrected chi connectivity index (χ4v) is 2.09. The van der Waals surface area contributed by atoms with Crippen molar-refractivity contribution in [2.24, 2.45) is 12.5 Å². The van der Waals surface area contributed by atoms with Crippen molar-refractivity contribution in [3.05, 3.63) is 17.5 Å². The second-order valence-electron chi connectivity index (χ2n) is 5.23. The zero-order valence-electron chi connectivity index (χ0n) is 12.0. The van der Waals surface area contributed by atoms with Crippen LogP contribution in [-0.2, 0) is 19.9 Å². The molecular formula is C14H27N3. The van der Waals surface area contributed by atoms with Crippen molar-refractivity contribution < 1.29 is 0 Å². The minimum Gasteiger partial charge on any atom is -0.316 e. The van der Waals surface area contributed by atoms with Crippen LogP contribution in [0, 0.1) is 5.41 Å². The fraction of sp³-hybridized carbons (Fsp3) is 0.786. The molecule has 0 saturated carbocycles. The molecule has 1 unspecified atom stereocenters. The van der Waals surface area contributed by atoms with Gasteiger partial charge >= 0.3 is 0 Å². The first-order chi connectivity index (χ1) is 8.04. The van der Waals surface area contributed by atoms with Crippen molar-refractivity contribution in [2.45, 2.75) is 47.0 Å². The lowest BCUT2D eigenvalue weighted by Crippen LogP contribution is -2.33. The lowest BCUT2D eigenvalue weighted by Gasteiger charge is -2.28. The van der Waals surface area contributed by atoms with Gasteiger partial charge in [0.25, 0.3) is 0 Å². The first-order valence-electron chi connectivity index (χ1n) is 6.77. The van der Waals surface area contributed by atoms with Crippen LogP contribution in [0.5, 0.6) is 0 Å². The Balaban J connectivity index is 2.75. The Bertz CT molecular complexity index is 343. The van der Waals surface area contributed by atoms with E-state index in [9.17, 15) is 0 Å². The molecule has 1 rings (SSSR count). The smallest absolute Gasteiger partial charge is 0.0624 e. The van der Waals surface area contributed by atoms with E-state index >= 15 is 0 Å². The van der Waals surface area contributed by atoms with Gasteiger partial charge in [0.05, 0.1) is 5.69 Å². The summed E-state index contributed by atoms with van der Waals surface area (Å²) >= 11 is 0. The molecule has 3 heteroatoms. The molecule has 0 spiro atoms. The maximum absolute atomic E-state index is 4.52. The van der Waals surface area contributed by atoms with Crippen LogP contribution in [0.3, 0.4) is 0 Å². The van der Waals surface area contributed by atoms with Gasteiger partial charge in [-0.05, 0) is 37.3 Å². The number of nitrogens with zero attached hydrogens (tertiary/aromatic N) is 2. The average molecular weight is 237 g/mol. The summed E-state index contributed by atoms with van der Waals surface area (Å²) in [7, 11) is 2.05. The molecule has 98 valence electrons. The highest BCUT2D eigenvalue weighted by Crippen LogP contribution is 2.26. The Morgan fingerprint density at radius 1 is 1.35 bits per heavy atom. The molecule has 0 aromatic carbocycles. The largest absolute Gasteiger partial charge is 0.316 e. The van der Waals surface area contributed by atoms with E-state index in [1.807, 2.05) is 4.68 Å². The zero-order valence-corrected chi connectivity index (χ0v) is 12.0. The van der Waals surface area contributed by atoms with E-state index in [0.29, 0.717) is 5.41 Å². The summed E-state index contributed by atoms with van der Waals surface area (Å²) in [6.45, 7) is 11.1. The van der Waals surface area contributed by atoms with Gasteiger partial charge in [0, 0.05) is 19.3 Å². The molecule has 1 aromatic rings. The Morgan fingerprint density at radius 2 is 2.06 bits per heavy atom. The zero-order chi connectivity index (χ0) is 12.9. The molecule has 0 bridgehead atoms. The van der Waals surface area contributed by atoms with E-state index in [0.717, 1.165) is 25.9 Å². The molecule has 1 atom stereocenters. The minimum absolute atomic E-state index is 0.328. The highest BCUT2D eigenvalue weighted by Gasteiger charge is 2.23. The Labute approximate surface area is 106 Å². The van der Waals surface area contributed by atoms with Gasteiger partial charge in [-0.2, -0.15) is 5.10 Å². The second kappa shape index (κ2) is 6.20. The molecule has 0 aliphatic heterocycles. The standard InChI is InChI=1S/C14H27N3/c1-6-12-9-13(17(5)16-12)10-14(4,7-2)11-15-8-3/h9,15H,6-8,10-11H2,1-5H3. The number of nitrogens with one attached hydrogen (secondary N) is 1. The highest BCUT2D eigenvalue weighted by molar-refractivity contribution is 5.12. The third-order valence-corrected chi connectivity index (χ3v) is 3.65. The topological polar surface area (TPSA) is 29.9 Å². The summed E-state index contributed by atoms with van der Waals surface area (Å²) < 4.78 is 2.04. The van der Waals surface area contributed by atoms with Crippen molar-refractivity contribution in [2.75, 3.05) is 13.1 Å². The Morgan fingerprint density at radius 3 is 2.53 bits per heavy atom. The van der Waals surface area contributed by atoms with E-state index in [2.05, 4.69) is 51.2 Å². The van der Waals surface area contributed by atoms with E-state index in [1.54, 1.807) is 0 Å². The lowest BCUT2D eigenvalue weighted by atomic mass is 9.82. The minimum atomic E-state index is 0.328. The molecule has 0 aliphatic rings.